The normalized spacial score (nSPS) is 30.3. The maximum absolute atomic E-state index is 12.8. The Balaban J connectivity index is 1.26. The smallest absolute Gasteiger partial charge is 0.310 e. The molecule has 138 valence electrons. The molecule has 5 atom stereocenters. The third-order valence-corrected chi connectivity index (χ3v) is 6.13. The minimum atomic E-state index is -0.260. The maximum atomic E-state index is 12.8. The van der Waals surface area contributed by atoms with Gasteiger partial charge in [0.2, 0.25) is 5.91 Å². The van der Waals surface area contributed by atoms with E-state index in [2.05, 4.69) is 5.32 Å². The number of carbonyl (C=O) groups is 2. The second kappa shape index (κ2) is 6.12. The highest BCUT2D eigenvalue weighted by atomic mass is 16.6. The summed E-state index contributed by atoms with van der Waals surface area (Å²) in [6.45, 7) is 2.02. The number of aryl methyl sites for hydroxylation is 1. The number of hydrogen-bond acceptors (Lipinski definition) is 4. The number of hydrogen-bond donors (Lipinski definition) is 1. The summed E-state index contributed by atoms with van der Waals surface area (Å²) >= 11 is 0. The second-order valence-electron chi connectivity index (χ2n) is 7.85. The van der Waals surface area contributed by atoms with Crippen molar-refractivity contribution >= 4 is 17.6 Å². The molecule has 1 N–H and O–H groups in total. The van der Waals surface area contributed by atoms with Gasteiger partial charge in [0.05, 0.1) is 11.8 Å². The zero-order valence-corrected chi connectivity index (χ0v) is 15.1. The highest BCUT2D eigenvalue weighted by molar-refractivity contribution is 5.97. The lowest BCUT2D eigenvalue weighted by molar-refractivity contribution is -0.145. The maximum Gasteiger partial charge on any atom is 0.310 e. The number of benzene rings is 2. The SMILES string of the molecule is Cc1cccc(Oc2ccc(NC(=O)[C@@H]3[C@@H]4C[C@@H]5[C@H]3C(=O)O[C@H]5C4)cc2)c1. The first-order valence-electron chi connectivity index (χ1n) is 9.44. The Labute approximate surface area is 157 Å². The monoisotopic (exact) mass is 363 g/mol. The molecule has 2 aromatic carbocycles. The average Bonchev–Trinajstić information content (AvgIpc) is 3.26. The van der Waals surface area contributed by atoms with Crippen LogP contribution in [0.25, 0.3) is 0 Å². The van der Waals surface area contributed by atoms with Crippen LogP contribution < -0.4 is 10.1 Å². The van der Waals surface area contributed by atoms with Gasteiger partial charge in [-0.3, -0.25) is 9.59 Å². The van der Waals surface area contributed by atoms with Gasteiger partial charge >= 0.3 is 5.97 Å². The summed E-state index contributed by atoms with van der Waals surface area (Å²) in [7, 11) is 0. The Morgan fingerprint density at radius 1 is 1.11 bits per heavy atom. The van der Waals surface area contributed by atoms with E-state index in [9.17, 15) is 9.59 Å². The number of fused-ring (bicyclic) bond motifs is 1. The van der Waals surface area contributed by atoms with E-state index in [4.69, 9.17) is 9.47 Å². The van der Waals surface area contributed by atoms with Crippen LogP contribution in [-0.4, -0.2) is 18.0 Å². The third-order valence-electron chi connectivity index (χ3n) is 6.13. The lowest BCUT2D eigenvalue weighted by Crippen LogP contribution is -2.35. The molecule has 1 aliphatic heterocycles. The van der Waals surface area contributed by atoms with Gasteiger partial charge in [-0.15, -0.1) is 0 Å². The molecule has 0 spiro atoms. The molecule has 27 heavy (non-hydrogen) atoms. The van der Waals surface area contributed by atoms with Gasteiger partial charge in [-0.25, -0.2) is 0 Å². The van der Waals surface area contributed by atoms with Crippen LogP contribution in [0.1, 0.15) is 18.4 Å². The number of esters is 1. The fourth-order valence-corrected chi connectivity index (χ4v) is 5.01. The number of anilines is 1. The number of nitrogens with one attached hydrogen (secondary N) is 1. The lowest BCUT2D eigenvalue weighted by atomic mass is 9.79. The van der Waals surface area contributed by atoms with Gasteiger partial charge in [0, 0.05) is 11.6 Å². The molecule has 0 unspecified atom stereocenters. The van der Waals surface area contributed by atoms with E-state index in [-0.39, 0.29) is 41.7 Å². The number of amides is 1. The van der Waals surface area contributed by atoms with Crippen molar-refractivity contribution in [3.8, 4) is 11.5 Å². The molecule has 3 fully saturated rings. The van der Waals surface area contributed by atoms with Gasteiger partial charge in [-0.1, -0.05) is 12.1 Å². The van der Waals surface area contributed by atoms with Gasteiger partial charge < -0.3 is 14.8 Å². The van der Waals surface area contributed by atoms with Gasteiger partial charge in [0.15, 0.2) is 0 Å². The average molecular weight is 363 g/mol. The summed E-state index contributed by atoms with van der Waals surface area (Å²) in [6.07, 6.45) is 1.81. The Morgan fingerprint density at radius 2 is 1.93 bits per heavy atom. The first-order chi connectivity index (χ1) is 13.1. The van der Waals surface area contributed by atoms with Gasteiger partial charge in [-0.2, -0.15) is 0 Å². The topological polar surface area (TPSA) is 64.6 Å². The first-order valence-corrected chi connectivity index (χ1v) is 9.44. The van der Waals surface area contributed by atoms with E-state index in [0.717, 1.165) is 24.2 Å². The molecule has 0 aromatic heterocycles. The quantitative estimate of drug-likeness (QED) is 0.836. The predicted molar refractivity (Wildman–Crippen MR) is 99.4 cm³/mol. The zero-order valence-electron chi connectivity index (χ0n) is 15.1. The van der Waals surface area contributed by atoms with Crippen molar-refractivity contribution in [3.63, 3.8) is 0 Å². The van der Waals surface area contributed by atoms with Crippen LogP contribution in [0.4, 0.5) is 5.69 Å². The van der Waals surface area contributed by atoms with Crippen LogP contribution in [0.15, 0.2) is 48.5 Å². The summed E-state index contributed by atoms with van der Waals surface area (Å²) in [5.41, 5.74) is 1.84. The number of rotatable bonds is 4. The molecule has 5 rings (SSSR count). The van der Waals surface area contributed by atoms with E-state index >= 15 is 0 Å². The minimum absolute atomic E-state index is 0.0506. The highest BCUT2D eigenvalue weighted by Crippen LogP contribution is 2.57. The van der Waals surface area contributed by atoms with Crippen LogP contribution in [-0.2, 0) is 14.3 Å². The predicted octanol–water partition coefficient (Wildman–Crippen LogP) is 3.92. The number of carbonyl (C=O) groups excluding carboxylic acids is 2. The Kier molecular flexibility index (Phi) is 3.71. The van der Waals surface area contributed by atoms with Crippen molar-refractivity contribution in [2.75, 3.05) is 5.32 Å². The minimum Gasteiger partial charge on any atom is -0.462 e. The summed E-state index contributed by atoms with van der Waals surface area (Å²) in [4.78, 5) is 24.9. The molecule has 3 aliphatic rings. The molecule has 5 nitrogen and oxygen atoms in total. The highest BCUT2D eigenvalue weighted by Gasteiger charge is 2.63. The molecular formula is C22H21NO4. The summed E-state index contributed by atoms with van der Waals surface area (Å²) in [5, 5.41) is 2.97. The van der Waals surface area contributed by atoms with Crippen LogP contribution in [0.5, 0.6) is 11.5 Å². The van der Waals surface area contributed by atoms with Crippen molar-refractivity contribution < 1.29 is 19.1 Å². The molecule has 0 radical (unpaired) electrons. The molecular weight excluding hydrogens is 342 g/mol. The fourth-order valence-electron chi connectivity index (χ4n) is 5.01. The molecule has 2 aliphatic carbocycles. The number of ether oxygens (including phenoxy) is 2. The Hall–Kier alpha value is -2.82. The fraction of sp³-hybridized carbons (Fsp3) is 0.364. The summed E-state index contributed by atoms with van der Waals surface area (Å²) < 4.78 is 11.3. The van der Waals surface area contributed by atoms with Crippen LogP contribution in [0.2, 0.25) is 0 Å². The molecule has 2 aromatic rings. The van der Waals surface area contributed by atoms with E-state index in [1.54, 1.807) is 0 Å². The van der Waals surface area contributed by atoms with E-state index in [1.807, 2.05) is 55.5 Å². The largest absolute Gasteiger partial charge is 0.462 e. The van der Waals surface area contributed by atoms with Crippen LogP contribution in [0.3, 0.4) is 0 Å². The van der Waals surface area contributed by atoms with E-state index in [0.29, 0.717) is 11.4 Å². The van der Waals surface area contributed by atoms with Crippen molar-refractivity contribution in [1.82, 2.24) is 0 Å². The third kappa shape index (κ3) is 2.78. The van der Waals surface area contributed by atoms with Crippen molar-refractivity contribution in [2.45, 2.75) is 25.9 Å². The van der Waals surface area contributed by atoms with E-state index in [1.165, 1.54) is 0 Å². The zero-order chi connectivity index (χ0) is 18.5. The molecule has 1 amide bonds. The van der Waals surface area contributed by atoms with Gasteiger partial charge in [0.25, 0.3) is 0 Å². The summed E-state index contributed by atoms with van der Waals surface area (Å²) in [5.74, 6) is 1.22. The molecule has 1 heterocycles. The summed E-state index contributed by atoms with van der Waals surface area (Å²) in [6, 6.07) is 15.2. The van der Waals surface area contributed by atoms with Gasteiger partial charge in [-0.05, 0) is 67.6 Å². The Morgan fingerprint density at radius 3 is 2.70 bits per heavy atom. The van der Waals surface area contributed by atoms with E-state index < -0.39 is 0 Å². The van der Waals surface area contributed by atoms with Gasteiger partial charge in [0.1, 0.15) is 17.6 Å². The molecule has 1 saturated heterocycles. The first kappa shape index (κ1) is 16.4. The lowest BCUT2D eigenvalue weighted by Gasteiger charge is -2.23. The van der Waals surface area contributed by atoms with Crippen molar-refractivity contribution in [2.24, 2.45) is 23.7 Å². The molecule has 2 bridgehead atoms. The van der Waals surface area contributed by atoms with Crippen molar-refractivity contribution in [3.05, 3.63) is 54.1 Å². The Bertz CT molecular complexity index is 905. The van der Waals surface area contributed by atoms with Crippen LogP contribution in [0, 0.1) is 30.6 Å². The van der Waals surface area contributed by atoms with Crippen LogP contribution >= 0.6 is 0 Å². The molecule has 2 saturated carbocycles. The second-order valence-corrected chi connectivity index (χ2v) is 7.85. The standard InChI is InChI=1S/C22H21NO4/c1-12-3-2-4-16(9-12)26-15-7-5-14(6-8-15)23-21(24)19-13-10-17-18(11-13)27-22(25)20(17)19/h2-9,13,17-20H,10-11H2,1H3,(H,23,24)/t13-,17+,18+,19-,20-/m1/s1. The van der Waals surface area contributed by atoms with Crippen molar-refractivity contribution in [1.29, 1.82) is 0 Å². The molecule has 5 heteroatoms.